The van der Waals surface area contributed by atoms with Gasteiger partial charge in [0, 0.05) is 6.54 Å². The summed E-state index contributed by atoms with van der Waals surface area (Å²) in [6.45, 7) is 1.95. The smallest absolute Gasteiger partial charge is 0.321 e. The van der Waals surface area contributed by atoms with Crippen LogP contribution in [0.25, 0.3) is 0 Å². The molecule has 1 atom stereocenters. The van der Waals surface area contributed by atoms with Crippen LogP contribution in [0.2, 0.25) is 0 Å². The summed E-state index contributed by atoms with van der Waals surface area (Å²) < 4.78 is 4.96. The summed E-state index contributed by atoms with van der Waals surface area (Å²) in [5, 5.41) is 4.82. The number of esters is 1. The first-order valence-corrected chi connectivity index (χ1v) is 9.50. The van der Waals surface area contributed by atoms with E-state index in [-0.39, 0.29) is 12.3 Å². The van der Waals surface area contributed by atoms with Crippen LogP contribution in [0.4, 0.5) is 4.79 Å². The molecule has 6 heteroatoms. The van der Waals surface area contributed by atoms with E-state index in [0.29, 0.717) is 6.54 Å². The highest BCUT2D eigenvalue weighted by molar-refractivity contribution is 5.95. The standard InChI is InChI=1S/C21H28N2O4/c1-16(18-10-6-3-7-11-18)14-20(25)27-15-19(24)23-21(26)22-13-12-17-8-4-2-5-9-17/h3,6-8,10-11,16H,2,4-5,9,12-15H2,1H3,(H2,22,23,24,26). The topological polar surface area (TPSA) is 84.5 Å². The summed E-state index contributed by atoms with van der Waals surface area (Å²) in [5.41, 5.74) is 2.39. The van der Waals surface area contributed by atoms with Gasteiger partial charge in [-0.3, -0.25) is 14.9 Å². The number of amides is 3. The zero-order valence-corrected chi connectivity index (χ0v) is 15.8. The number of urea groups is 1. The van der Waals surface area contributed by atoms with Crippen molar-refractivity contribution in [3.63, 3.8) is 0 Å². The highest BCUT2D eigenvalue weighted by atomic mass is 16.5. The molecule has 1 aromatic rings. The van der Waals surface area contributed by atoms with Crippen LogP contribution in [0.15, 0.2) is 42.0 Å². The Morgan fingerprint density at radius 1 is 1.15 bits per heavy atom. The second kappa shape index (κ2) is 11.2. The second-order valence-electron chi connectivity index (χ2n) is 6.84. The molecule has 0 fully saturated rings. The lowest BCUT2D eigenvalue weighted by molar-refractivity contribution is -0.148. The lowest BCUT2D eigenvalue weighted by Crippen LogP contribution is -2.41. The number of carbonyl (C=O) groups is 3. The molecule has 3 amide bonds. The maximum Gasteiger partial charge on any atom is 0.321 e. The van der Waals surface area contributed by atoms with E-state index in [1.54, 1.807) is 0 Å². The number of ether oxygens (including phenoxy) is 1. The molecule has 1 aromatic carbocycles. The summed E-state index contributed by atoms with van der Waals surface area (Å²) in [6, 6.07) is 9.06. The van der Waals surface area contributed by atoms with Crippen molar-refractivity contribution in [3.8, 4) is 0 Å². The van der Waals surface area contributed by atoms with Crippen molar-refractivity contribution in [1.82, 2.24) is 10.6 Å². The number of benzene rings is 1. The van der Waals surface area contributed by atoms with Crippen molar-refractivity contribution in [2.45, 2.75) is 51.4 Å². The van der Waals surface area contributed by atoms with Gasteiger partial charge in [-0.05, 0) is 43.6 Å². The van der Waals surface area contributed by atoms with Gasteiger partial charge in [-0.15, -0.1) is 0 Å². The van der Waals surface area contributed by atoms with Crippen LogP contribution in [0.1, 0.15) is 56.9 Å². The molecule has 0 spiro atoms. The van der Waals surface area contributed by atoms with Crippen LogP contribution < -0.4 is 10.6 Å². The third-order valence-corrected chi connectivity index (χ3v) is 4.58. The second-order valence-corrected chi connectivity index (χ2v) is 6.84. The lowest BCUT2D eigenvalue weighted by atomic mass is 9.97. The predicted octanol–water partition coefficient (Wildman–Crippen LogP) is 3.44. The molecule has 1 aliphatic rings. The Bertz CT molecular complexity index is 670. The van der Waals surface area contributed by atoms with Crippen molar-refractivity contribution in [1.29, 1.82) is 0 Å². The van der Waals surface area contributed by atoms with Crippen molar-refractivity contribution in [2.75, 3.05) is 13.2 Å². The minimum atomic E-state index is -0.634. The highest BCUT2D eigenvalue weighted by Gasteiger charge is 2.15. The Balaban J connectivity index is 1.59. The quantitative estimate of drug-likeness (QED) is 0.541. The number of carbonyl (C=O) groups excluding carboxylic acids is 3. The molecule has 0 heterocycles. The van der Waals surface area contributed by atoms with E-state index < -0.39 is 24.5 Å². The number of rotatable bonds is 8. The first-order chi connectivity index (χ1) is 13.0. The fourth-order valence-corrected chi connectivity index (χ4v) is 3.03. The van der Waals surface area contributed by atoms with E-state index in [2.05, 4.69) is 16.7 Å². The van der Waals surface area contributed by atoms with Gasteiger partial charge in [0.05, 0.1) is 6.42 Å². The Morgan fingerprint density at radius 2 is 1.93 bits per heavy atom. The molecule has 0 radical (unpaired) electrons. The molecular formula is C21H28N2O4. The van der Waals surface area contributed by atoms with Gasteiger partial charge in [-0.2, -0.15) is 0 Å². The van der Waals surface area contributed by atoms with Crippen LogP contribution in [-0.2, 0) is 14.3 Å². The van der Waals surface area contributed by atoms with Crippen molar-refractivity contribution in [3.05, 3.63) is 47.5 Å². The maximum absolute atomic E-state index is 11.9. The van der Waals surface area contributed by atoms with Gasteiger partial charge in [0.15, 0.2) is 6.61 Å². The van der Waals surface area contributed by atoms with Crippen molar-refractivity contribution in [2.24, 2.45) is 0 Å². The van der Waals surface area contributed by atoms with Gasteiger partial charge in [0.2, 0.25) is 0 Å². The Morgan fingerprint density at radius 3 is 2.63 bits per heavy atom. The fraction of sp³-hybridized carbons (Fsp3) is 0.476. The molecule has 2 rings (SSSR count). The van der Waals surface area contributed by atoms with Crippen molar-refractivity contribution >= 4 is 17.9 Å². The Labute approximate surface area is 160 Å². The molecule has 0 aromatic heterocycles. The van der Waals surface area contributed by atoms with Gasteiger partial charge in [0.25, 0.3) is 5.91 Å². The van der Waals surface area contributed by atoms with Gasteiger partial charge < -0.3 is 10.1 Å². The first-order valence-electron chi connectivity index (χ1n) is 9.50. The molecule has 0 bridgehead atoms. The summed E-state index contributed by atoms with van der Waals surface area (Å²) in [6.07, 6.45) is 7.82. The van der Waals surface area contributed by atoms with Gasteiger partial charge in [-0.25, -0.2) is 4.79 Å². The molecule has 146 valence electrons. The number of nitrogens with one attached hydrogen (secondary N) is 2. The first kappa shape index (κ1) is 20.7. The Kier molecular flexibility index (Phi) is 8.55. The molecule has 0 saturated heterocycles. The van der Waals surface area contributed by atoms with Gasteiger partial charge in [-0.1, -0.05) is 48.9 Å². The molecule has 0 aliphatic heterocycles. The third kappa shape index (κ3) is 8.07. The number of hydrogen-bond acceptors (Lipinski definition) is 4. The van der Waals surface area contributed by atoms with Gasteiger partial charge >= 0.3 is 12.0 Å². The number of hydrogen-bond donors (Lipinski definition) is 2. The lowest BCUT2D eigenvalue weighted by Gasteiger charge is -2.13. The number of allylic oxidation sites excluding steroid dienone is 1. The number of imide groups is 1. The van der Waals surface area contributed by atoms with Crippen LogP contribution in [0.5, 0.6) is 0 Å². The van der Waals surface area contributed by atoms with E-state index in [4.69, 9.17) is 4.74 Å². The normalized spacial score (nSPS) is 14.6. The minimum Gasteiger partial charge on any atom is -0.456 e. The molecular weight excluding hydrogens is 344 g/mol. The molecule has 2 N–H and O–H groups in total. The van der Waals surface area contributed by atoms with E-state index in [1.165, 1.54) is 18.4 Å². The summed E-state index contributed by atoms with van der Waals surface area (Å²) in [4.78, 5) is 35.3. The van der Waals surface area contributed by atoms with E-state index in [1.807, 2.05) is 37.3 Å². The monoisotopic (exact) mass is 372 g/mol. The van der Waals surface area contributed by atoms with Crippen molar-refractivity contribution < 1.29 is 19.1 Å². The fourth-order valence-electron chi connectivity index (χ4n) is 3.03. The third-order valence-electron chi connectivity index (χ3n) is 4.58. The summed E-state index contributed by atoms with van der Waals surface area (Å²) in [7, 11) is 0. The van der Waals surface area contributed by atoms with E-state index in [9.17, 15) is 14.4 Å². The molecule has 27 heavy (non-hydrogen) atoms. The van der Waals surface area contributed by atoms with Crippen LogP contribution >= 0.6 is 0 Å². The van der Waals surface area contributed by atoms with E-state index >= 15 is 0 Å². The van der Waals surface area contributed by atoms with Crippen LogP contribution in [0, 0.1) is 0 Å². The summed E-state index contributed by atoms with van der Waals surface area (Å²) in [5.74, 6) is -1.10. The zero-order chi connectivity index (χ0) is 19.5. The highest BCUT2D eigenvalue weighted by Crippen LogP contribution is 2.19. The zero-order valence-electron chi connectivity index (χ0n) is 15.8. The average molecular weight is 372 g/mol. The molecule has 0 saturated carbocycles. The molecule has 1 unspecified atom stereocenters. The molecule has 6 nitrogen and oxygen atoms in total. The van der Waals surface area contributed by atoms with Crippen LogP contribution in [0.3, 0.4) is 0 Å². The molecule has 1 aliphatic carbocycles. The maximum atomic E-state index is 11.9. The SMILES string of the molecule is CC(CC(=O)OCC(=O)NC(=O)NCCC1=CCCCC1)c1ccccc1. The summed E-state index contributed by atoms with van der Waals surface area (Å²) >= 11 is 0. The van der Waals surface area contributed by atoms with Gasteiger partial charge in [0.1, 0.15) is 0 Å². The predicted molar refractivity (Wildman–Crippen MR) is 103 cm³/mol. The van der Waals surface area contributed by atoms with E-state index in [0.717, 1.165) is 24.8 Å². The largest absolute Gasteiger partial charge is 0.456 e. The Hall–Kier alpha value is -2.63. The minimum absolute atomic E-state index is 0.000785. The van der Waals surface area contributed by atoms with Crippen LogP contribution in [-0.4, -0.2) is 31.1 Å². The average Bonchev–Trinajstić information content (AvgIpc) is 2.68.